The number of ether oxygens (including phenoxy) is 1. The Morgan fingerprint density at radius 2 is 1.92 bits per heavy atom. The van der Waals surface area contributed by atoms with Crippen molar-refractivity contribution in [2.45, 2.75) is 6.61 Å². The lowest BCUT2D eigenvalue weighted by Gasteiger charge is -2.07. The number of primary amides is 1. The lowest BCUT2D eigenvalue weighted by Crippen LogP contribution is -2.16. The van der Waals surface area contributed by atoms with E-state index in [0.717, 1.165) is 21.3 Å². The maximum atomic E-state index is 14.1. The number of halogens is 3. The van der Waals surface area contributed by atoms with Gasteiger partial charge >= 0.3 is 5.76 Å². The van der Waals surface area contributed by atoms with E-state index in [1.54, 1.807) is 24.3 Å². The number of aromatic nitrogens is 2. The Morgan fingerprint density at radius 3 is 2.58 bits per heavy atom. The largest absolute Gasteiger partial charge is 0.481 e. The molecule has 0 aliphatic heterocycles. The van der Waals surface area contributed by atoms with Crippen LogP contribution in [-0.4, -0.2) is 15.7 Å². The molecule has 26 heavy (non-hydrogen) atoms. The summed E-state index contributed by atoms with van der Waals surface area (Å²) in [5, 5.41) is 3.94. The van der Waals surface area contributed by atoms with Crippen LogP contribution in [0.5, 0.6) is 5.75 Å². The van der Waals surface area contributed by atoms with E-state index in [9.17, 15) is 18.4 Å². The Labute approximate surface area is 153 Å². The van der Waals surface area contributed by atoms with Gasteiger partial charge < -0.3 is 14.9 Å². The molecule has 3 rings (SSSR count). The van der Waals surface area contributed by atoms with E-state index < -0.39 is 41.2 Å². The molecule has 0 saturated carbocycles. The number of carbonyl (C=O) groups excluding carboxylic acids is 1. The first-order chi connectivity index (χ1) is 12.4. The fourth-order valence-corrected chi connectivity index (χ4v) is 2.40. The van der Waals surface area contributed by atoms with Crippen molar-refractivity contribution in [3.8, 4) is 11.4 Å². The summed E-state index contributed by atoms with van der Waals surface area (Å²) in [4.78, 5) is 23.0. The van der Waals surface area contributed by atoms with E-state index >= 15 is 0 Å². The maximum absolute atomic E-state index is 14.1. The van der Waals surface area contributed by atoms with Crippen molar-refractivity contribution in [3.63, 3.8) is 0 Å². The van der Waals surface area contributed by atoms with Gasteiger partial charge in [0.25, 0.3) is 11.8 Å². The normalized spacial score (nSPS) is 10.7. The third-order valence-electron chi connectivity index (χ3n) is 3.31. The first-order valence-electron chi connectivity index (χ1n) is 7.12. The standard InChI is InChI=1S/C16H10BrF2N3O4/c17-8-1-3-9(4-2-8)22-16(24)26-12(21-22)7-25-11-6-5-10(18)13(14(11)19)15(20)23/h1-6H,7H2,(H2,20,23). The summed E-state index contributed by atoms with van der Waals surface area (Å²) >= 11 is 3.27. The minimum Gasteiger partial charge on any atom is -0.481 e. The quantitative estimate of drug-likeness (QED) is 0.676. The third-order valence-corrected chi connectivity index (χ3v) is 3.84. The summed E-state index contributed by atoms with van der Waals surface area (Å²) in [5.74, 6) is -4.94. The van der Waals surface area contributed by atoms with Crippen LogP contribution in [0.1, 0.15) is 16.2 Å². The highest BCUT2D eigenvalue weighted by molar-refractivity contribution is 9.10. The molecule has 2 aromatic carbocycles. The summed E-state index contributed by atoms with van der Waals surface area (Å²) in [5.41, 5.74) is 4.48. The fourth-order valence-electron chi connectivity index (χ4n) is 2.13. The Bertz CT molecular complexity index is 1030. The van der Waals surface area contributed by atoms with Crippen LogP contribution >= 0.6 is 15.9 Å². The van der Waals surface area contributed by atoms with Gasteiger partial charge in [-0.3, -0.25) is 4.79 Å². The van der Waals surface area contributed by atoms with Crippen LogP contribution in [0, 0.1) is 11.6 Å². The lowest BCUT2D eigenvalue weighted by atomic mass is 10.2. The van der Waals surface area contributed by atoms with Crippen LogP contribution < -0.4 is 16.2 Å². The molecule has 1 amide bonds. The molecule has 0 fully saturated rings. The van der Waals surface area contributed by atoms with Gasteiger partial charge in [-0.2, -0.15) is 4.68 Å². The van der Waals surface area contributed by atoms with Gasteiger partial charge in [0.1, 0.15) is 11.4 Å². The molecule has 10 heteroatoms. The minimum absolute atomic E-state index is 0.137. The Kier molecular flexibility index (Phi) is 4.85. The zero-order valence-electron chi connectivity index (χ0n) is 12.9. The van der Waals surface area contributed by atoms with E-state index in [4.69, 9.17) is 14.9 Å². The number of benzene rings is 2. The van der Waals surface area contributed by atoms with Crippen molar-refractivity contribution in [3.05, 3.63) is 74.5 Å². The zero-order chi connectivity index (χ0) is 18.8. The molecule has 2 N–H and O–H groups in total. The van der Waals surface area contributed by atoms with Gasteiger partial charge in [-0.15, -0.1) is 5.10 Å². The summed E-state index contributed by atoms with van der Waals surface area (Å²) in [6.45, 7) is -0.417. The van der Waals surface area contributed by atoms with Gasteiger partial charge in [0.05, 0.1) is 5.69 Å². The highest BCUT2D eigenvalue weighted by Gasteiger charge is 2.20. The van der Waals surface area contributed by atoms with Crippen molar-refractivity contribution in [1.29, 1.82) is 0 Å². The van der Waals surface area contributed by atoms with Crippen LogP contribution in [0.15, 0.2) is 50.1 Å². The van der Waals surface area contributed by atoms with E-state index in [2.05, 4.69) is 21.0 Å². The predicted octanol–water partition coefficient (Wildman–Crippen LogP) is 2.54. The molecule has 0 spiro atoms. The molecule has 1 heterocycles. The van der Waals surface area contributed by atoms with Crippen LogP contribution in [0.25, 0.3) is 5.69 Å². The van der Waals surface area contributed by atoms with Crippen molar-refractivity contribution in [2.75, 3.05) is 0 Å². The average Bonchev–Trinajstić information content (AvgIpc) is 2.95. The van der Waals surface area contributed by atoms with Gasteiger partial charge in [-0.05, 0) is 36.4 Å². The second-order valence-electron chi connectivity index (χ2n) is 5.04. The zero-order valence-corrected chi connectivity index (χ0v) is 14.5. The molecule has 0 unspecified atom stereocenters. The van der Waals surface area contributed by atoms with E-state index in [1.807, 2.05) is 0 Å². The first kappa shape index (κ1) is 17.8. The van der Waals surface area contributed by atoms with Crippen molar-refractivity contribution >= 4 is 21.8 Å². The SMILES string of the molecule is NC(=O)c1c(F)ccc(OCc2nn(-c3ccc(Br)cc3)c(=O)o2)c1F. The maximum Gasteiger partial charge on any atom is 0.442 e. The van der Waals surface area contributed by atoms with Crippen LogP contribution in [0.2, 0.25) is 0 Å². The molecular weight excluding hydrogens is 416 g/mol. The molecule has 3 aromatic rings. The fraction of sp³-hybridized carbons (Fsp3) is 0.0625. The monoisotopic (exact) mass is 425 g/mol. The van der Waals surface area contributed by atoms with Gasteiger partial charge in [-0.25, -0.2) is 13.6 Å². The van der Waals surface area contributed by atoms with Gasteiger partial charge in [0.15, 0.2) is 18.2 Å². The number of nitrogens with zero attached hydrogens (tertiary/aromatic N) is 2. The average molecular weight is 426 g/mol. The molecule has 0 aliphatic carbocycles. The number of rotatable bonds is 5. The topological polar surface area (TPSA) is 100 Å². The summed E-state index contributed by atoms with van der Waals surface area (Å²) in [6.07, 6.45) is 0. The smallest absolute Gasteiger partial charge is 0.442 e. The molecule has 0 atom stereocenters. The highest BCUT2D eigenvalue weighted by Crippen LogP contribution is 2.23. The summed E-state index contributed by atoms with van der Waals surface area (Å²) in [6, 6.07) is 8.53. The first-order valence-corrected chi connectivity index (χ1v) is 7.91. The minimum atomic E-state index is -1.27. The number of amides is 1. The molecule has 134 valence electrons. The van der Waals surface area contributed by atoms with Crippen molar-refractivity contribution < 1.29 is 22.7 Å². The Balaban J connectivity index is 1.82. The number of nitrogens with two attached hydrogens (primary N) is 1. The highest BCUT2D eigenvalue weighted by atomic mass is 79.9. The van der Waals surface area contributed by atoms with E-state index in [-0.39, 0.29) is 5.89 Å². The molecule has 7 nitrogen and oxygen atoms in total. The van der Waals surface area contributed by atoms with Gasteiger partial charge in [0, 0.05) is 4.47 Å². The number of hydrogen-bond acceptors (Lipinski definition) is 5. The Morgan fingerprint density at radius 1 is 1.23 bits per heavy atom. The molecule has 1 aromatic heterocycles. The summed E-state index contributed by atoms with van der Waals surface area (Å²) in [7, 11) is 0. The molecule has 0 saturated heterocycles. The van der Waals surface area contributed by atoms with Gasteiger partial charge in [0.2, 0.25) is 0 Å². The molecule has 0 radical (unpaired) electrons. The number of hydrogen-bond donors (Lipinski definition) is 1. The van der Waals surface area contributed by atoms with Crippen LogP contribution in [-0.2, 0) is 6.61 Å². The van der Waals surface area contributed by atoms with Crippen molar-refractivity contribution in [2.24, 2.45) is 5.73 Å². The van der Waals surface area contributed by atoms with E-state index in [0.29, 0.717) is 5.69 Å². The van der Waals surface area contributed by atoms with E-state index in [1.165, 1.54) is 0 Å². The summed E-state index contributed by atoms with van der Waals surface area (Å²) < 4.78 is 39.4. The second kappa shape index (κ2) is 7.08. The molecule has 0 bridgehead atoms. The van der Waals surface area contributed by atoms with Crippen LogP contribution in [0.3, 0.4) is 0 Å². The second-order valence-corrected chi connectivity index (χ2v) is 5.95. The van der Waals surface area contributed by atoms with Crippen LogP contribution in [0.4, 0.5) is 8.78 Å². The van der Waals surface area contributed by atoms with Crippen molar-refractivity contribution in [1.82, 2.24) is 9.78 Å². The molecular formula is C16H10BrF2N3O4. The lowest BCUT2D eigenvalue weighted by molar-refractivity contribution is 0.0991. The predicted molar refractivity (Wildman–Crippen MR) is 89.0 cm³/mol. The molecule has 0 aliphatic rings. The van der Waals surface area contributed by atoms with Gasteiger partial charge in [-0.1, -0.05) is 15.9 Å². The number of carbonyl (C=O) groups is 1. The Hall–Kier alpha value is -3.01. The third kappa shape index (κ3) is 3.49.